The van der Waals surface area contributed by atoms with E-state index >= 15 is 0 Å². The van der Waals surface area contributed by atoms with Gasteiger partial charge in [-0.15, -0.1) is 0 Å². The summed E-state index contributed by atoms with van der Waals surface area (Å²) in [4.78, 5) is 12.3. The van der Waals surface area contributed by atoms with Crippen LogP contribution in [-0.2, 0) is 22.6 Å². The van der Waals surface area contributed by atoms with E-state index in [9.17, 15) is 4.79 Å². The summed E-state index contributed by atoms with van der Waals surface area (Å²) in [7, 11) is 1.36. The van der Waals surface area contributed by atoms with Crippen LogP contribution >= 0.6 is 0 Å². The molecule has 194 valence electrons. The lowest BCUT2D eigenvalue weighted by atomic mass is 10.0. The standard InChI is InChI=1S/C35H30O4/c1-37-35(36)34(30-12-6-3-7-13-30)39-32-22-20-29(21-23-32)28-18-16-27(17-19-28)25-38-33-15-9-8-14-31(33)24-26-10-4-2-5-11-26/h2-23,34H,24-25H2,1H3. The molecule has 0 aromatic heterocycles. The molecule has 0 N–H and O–H groups in total. The van der Waals surface area contributed by atoms with Crippen LogP contribution in [0.1, 0.15) is 28.4 Å². The van der Waals surface area contributed by atoms with Gasteiger partial charge in [0.05, 0.1) is 7.11 Å². The van der Waals surface area contributed by atoms with Crippen molar-refractivity contribution >= 4 is 5.97 Å². The van der Waals surface area contributed by atoms with Crippen molar-refractivity contribution in [2.75, 3.05) is 7.11 Å². The van der Waals surface area contributed by atoms with Crippen LogP contribution in [0.2, 0.25) is 0 Å². The van der Waals surface area contributed by atoms with E-state index in [1.54, 1.807) is 0 Å². The highest BCUT2D eigenvalue weighted by Crippen LogP contribution is 2.28. The van der Waals surface area contributed by atoms with Crippen LogP contribution in [-0.4, -0.2) is 13.1 Å². The third-order valence-corrected chi connectivity index (χ3v) is 6.52. The molecular weight excluding hydrogens is 484 g/mol. The molecule has 1 atom stereocenters. The number of carbonyl (C=O) groups is 1. The Morgan fingerprint density at radius 3 is 1.90 bits per heavy atom. The number of methoxy groups -OCH3 is 1. The monoisotopic (exact) mass is 514 g/mol. The van der Waals surface area contributed by atoms with Gasteiger partial charge in [0, 0.05) is 12.0 Å². The number of hydrogen-bond acceptors (Lipinski definition) is 4. The van der Waals surface area contributed by atoms with E-state index in [2.05, 4.69) is 54.6 Å². The molecule has 0 fully saturated rings. The molecule has 0 aliphatic rings. The van der Waals surface area contributed by atoms with E-state index in [1.165, 1.54) is 18.2 Å². The summed E-state index contributed by atoms with van der Waals surface area (Å²) in [6, 6.07) is 44.0. The molecular formula is C35H30O4. The zero-order chi connectivity index (χ0) is 26.9. The van der Waals surface area contributed by atoms with Crippen LogP contribution in [0.4, 0.5) is 0 Å². The maximum Gasteiger partial charge on any atom is 0.351 e. The second-order valence-electron chi connectivity index (χ2n) is 9.21. The number of benzene rings is 5. The van der Waals surface area contributed by atoms with Gasteiger partial charge in [0.15, 0.2) is 0 Å². The molecule has 0 saturated carbocycles. The first-order valence-electron chi connectivity index (χ1n) is 12.9. The number of rotatable bonds is 10. The minimum Gasteiger partial charge on any atom is -0.489 e. The van der Waals surface area contributed by atoms with Crippen molar-refractivity contribution < 1.29 is 19.0 Å². The van der Waals surface area contributed by atoms with Gasteiger partial charge in [0.1, 0.15) is 18.1 Å². The second-order valence-corrected chi connectivity index (χ2v) is 9.21. The highest BCUT2D eigenvalue weighted by atomic mass is 16.6. The highest BCUT2D eigenvalue weighted by molar-refractivity contribution is 5.77. The van der Waals surface area contributed by atoms with E-state index in [-0.39, 0.29) is 0 Å². The van der Waals surface area contributed by atoms with Crippen molar-refractivity contribution in [3.63, 3.8) is 0 Å². The largest absolute Gasteiger partial charge is 0.489 e. The summed E-state index contributed by atoms with van der Waals surface area (Å²) < 4.78 is 17.1. The van der Waals surface area contributed by atoms with Crippen LogP contribution in [0.15, 0.2) is 133 Å². The SMILES string of the molecule is COC(=O)C(Oc1ccc(-c2ccc(COc3ccccc3Cc3ccccc3)cc2)cc1)c1ccccc1. The van der Waals surface area contributed by atoms with Gasteiger partial charge in [0.25, 0.3) is 0 Å². The zero-order valence-electron chi connectivity index (χ0n) is 21.8. The molecule has 0 aliphatic heterocycles. The maximum atomic E-state index is 12.3. The minimum absolute atomic E-state index is 0.439. The van der Waals surface area contributed by atoms with Gasteiger partial charge in [-0.1, -0.05) is 115 Å². The van der Waals surface area contributed by atoms with Gasteiger partial charge in [-0.3, -0.25) is 0 Å². The van der Waals surface area contributed by atoms with Crippen LogP contribution in [0, 0.1) is 0 Å². The van der Waals surface area contributed by atoms with Crippen molar-refractivity contribution in [2.24, 2.45) is 0 Å². The molecule has 0 saturated heterocycles. The number of para-hydroxylation sites is 1. The van der Waals surface area contributed by atoms with Crippen LogP contribution in [0.3, 0.4) is 0 Å². The molecule has 0 spiro atoms. The molecule has 4 nitrogen and oxygen atoms in total. The summed E-state index contributed by atoms with van der Waals surface area (Å²) in [6.07, 6.45) is 0.0145. The lowest BCUT2D eigenvalue weighted by Gasteiger charge is -2.17. The molecule has 5 rings (SSSR count). The third-order valence-electron chi connectivity index (χ3n) is 6.52. The number of carbonyl (C=O) groups excluding carboxylic acids is 1. The predicted molar refractivity (Wildman–Crippen MR) is 154 cm³/mol. The van der Waals surface area contributed by atoms with Gasteiger partial charge >= 0.3 is 5.97 Å². The fourth-order valence-corrected chi connectivity index (χ4v) is 4.41. The quantitative estimate of drug-likeness (QED) is 0.178. The summed E-state index contributed by atoms with van der Waals surface area (Å²) in [5.41, 5.74) is 6.41. The van der Waals surface area contributed by atoms with E-state index in [0.29, 0.717) is 12.4 Å². The number of esters is 1. The van der Waals surface area contributed by atoms with Crippen molar-refractivity contribution in [1.29, 1.82) is 0 Å². The molecule has 0 amide bonds. The molecule has 4 heteroatoms. The highest BCUT2D eigenvalue weighted by Gasteiger charge is 2.23. The Balaban J connectivity index is 1.22. The Hall–Kier alpha value is -4.83. The van der Waals surface area contributed by atoms with E-state index in [1.807, 2.05) is 78.9 Å². The van der Waals surface area contributed by atoms with Gasteiger partial charge in [-0.2, -0.15) is 0 Å². The van der Waals surface area contributed by atoms with Crippen molar-refractivity contribution in [3.05, 3.63) is 156 Å². The topological polar surface area (TPSA) is 44.8 Å². The second kappa shape index (κ2) is 12.6. The van der Waals surface area contributed by atoms with Gasteiger partial charge in [-0.25, -0.2) is 4.79 Å². The molecule has 5 aromatic carbocycles. The summed E-state index contributed by atoms with van der Waals surface area (Å²) in [5.74, 6) is 1.06. The molecule has 1 unspecified atom stereocenters. The van der Waals surface area contributed by atoms with Gasteiger partial charge in [-0.05, 0) is 46.0 Å². The smallest absolute Gasteiger partial charge is 0.351 e. The first kappa shape index (κ1) is 25.8. The first-order chi connectivity index (χ1) is 19.2. The fraction of sp³-hybridized carbons (Fsp3) is 0.114. The lowest BCUT2D eigenvalue weighted by molar-refractivity contribution is -0.149. The van der Waals surface area contributed by atoms with Crippen molar-refractivity contribution in [2.45, 2.75) is 19.1 Å². The molecule has 5 aromatic rings. The van der Waals surface area contributed by atoms with E-state index in [4.69, 9.17) is 14.2 Å². The van der Waals surface area contributed by atoms with Crippen molar-refractivity contribution in [3.8, 4) is 22.6 Å². The van der Waals surface area contributed by atoms with Crippen molar-refractivity contribution in [1.82, 2.24) is 0 Å². The summed E-state index contributed by atoms with van der Waals surface area (Å²) >= 11 is 0. The van der Waals surface area contributed by atoms with Crippen LogP contribution in [0.5, 0.6) is 11.5 Å². The Labute approximate surface area is 229 Å². The summed E-state index contributed by atoms with van der Waals surface area (Å²) in [6.45, 7) is 0.493. The fourth-order valence-electron chi connectivity index (χ4n) is 4.41. The number of hydrogen-bond donors (Lipinski definition) is 0. The van der Waals surface area contributed by atoms with E-state index < -0.39 is 12.1 Å². The average Bonchev–Trinajstić information content (AvgIpc) is 3.00. The van der Waals surface area contributed by atoms with Gasteiger partial charge in [0.2, 0.25) is 6.10 Å². The summed E-state index contributed by atoms with van der Waals surface area (Å²) in [5, 5.41) is 0. The molecule has 0 aliphatic carbocycles. The molecule has 39 heavy (non-hydrogen) atoms. The Morgan fingerprint density at radius 1 is 0.641 bits per heavy atom. The molecule has 0 bridgehead atoms. The Bertz CT molecular complexity index is 1480. The molecule has 0 heterocycles. The average molecular weight is 515 g/mol. The molecule has 0 radical (unpaired) electrons. The Kier molecular flexibility index (Phi) is 8.35. The predicted octanol–water partition coefficient (Wildman–Crippen LogP) is 7.82. The van der Waals surface area contributed by atoms with Crippen LogP contribution in [0.25, 0.3) is 11.1 Å². The van der Waals surface area contributed by atoms with Gasteiger partial charge < -0.3 is 14.2 Å². The normalized spacial score (nSPS) is 11.4. The first-order valence-corrected chi connectivity index (χ1v) is 12.9. The Morgan fingerprint density at radius 2 is 1.23 bits per heavy atom. The zero-order valence-corrected chi connectivity index (χ0v) is 21.8. The lowest BCUT2D eigenvalue weighted by Crippen LogP contribution is -2.20. The minimum atomic E-state index is -0.820. The van der Waals surface area contributed by atoms with E-state index in [0.717, 1.165) is 34.4 Å². The maximum absolute atomic E-state index is 12.3. The van der Waals surface area contributed by atoms with Crippen LogP contribution < -0.4 is 9.47 Å². The third kappa shape index (κ3) is 6.74. The number of ether oxygens (including phenoxy) is 3.